The Bertz CT molecular complexity index is 1200. The van der Waals surface area contributed by atoms with Crippen LogP contribution in [0.5, 0.6) is 0 Å². The summed E-state index contributed by atoms with van der Waals surface area (Å²) in [5.41, 5.74) is 1.86. The molecule has 2 unspecified atom stereocenters. The van der Waals surface area contributed by atoms with Crippen molar-refractivity contribution in [1.29, 1.82) is 0 Å². The molecule has 8 heteroatoms. The quantitative estimate of drug-likeness (QED) is 0.347. The van der Waals surface area contributed by atoms with Crippen LogP contribution < -0.4 is 5.32 Å². The lowest BCUT2D eigenvalue weighted by Gasteiger charge is -2.43. The van der Waals surface area contributed by atoms with Gasteiger partial charge in [-0.25, -0.2) is 4.79 Å². The molecule has 1 aliphatic heterocycles. The molecule has 1 aliphatic rings. The van der Waals surface area contributed by atoms with E-state index in [0.29, 0.717) is 43.1 Å². The number of fused-ring (bicyclic) bond motifs is 1. The molecular formula is C27H30ClN3O4. The van der Waals surface area contributed by atoms with Crippen LogP contribution in [-0.4, -0.2) is 54.2 Å². The van der Waals surface area contributed by atoms with Gasteiger partial charge < -0.3 is 20.1 Å². The average Bonchev–Trinajstić information content (AvgIpc) is 2.90. The number of halogens is 1. The Morgan fingerprint density at radius 2 is 2.14 bits per heavy atom. The van der Waals surface area contributed by atoms with E-state index in [2.05, 4.69) is 15.0 Å². The third kappa shape index (κ3) is 5.41. The molecule has 2 aromatic carbocycles. The van der Waals surface area contributed by atoms with Crippen LogP contribution in [0, 0.1) is 5.92 Å². The second-order valence-corrected chi connectivity index (χ2v) is 9.37. The van der Waals surface area contributed by atoms with E-state index in [-0.39, 0.29) is 5.92 Å². The van der Waals surface area contributed by atoms with Gasteiger partial charge >= 0.3 is 6.09 Å². The van der Waals surface area contributed by atoms with Crippen LogP contribution in [0.25, 0.3) is 22.0 Å². The number of likely N-dealkylation sites (tertiary alicyclic amines) is 1. The van der Waals surface area contributed by atoms with Crippen LogP contribution in [0.1, 0.15) is 31.2 Å². The van der Waals surface area contributed by atoms with Crippen LogP contribution in [0.3, 0.4) is 0 Å². The molecule has 2 atom stereocenters. The number of nitrogens with zero attached hydrogens (tertiary/aromatic N) is 2. The number of carbonyl (C=O) groups is 2. The van der Waals surface area contributed by atoms with Gasteiger partial charge in [-0.1, -0.05) is 41.9 Å². The number of alkyl carbamates (subject to hydrolysis) is 1. The van der Waals surface area contributed by atoms with Crippen LogP contribution in [0.2, 0.25) is 5.02 Å². The average molecular weight is 496 g/mol. The Balaban J connectivity index is 1.76. The summed E-state index contributed by atoms with van der Waals surface area (Å²) < 4.78 is 4.66. The maximum Gasteiger partial charge on any atom is 0.406 e. The Labute approximate surface area is 210 Å². The minimum absolute atomic E-state index is 0.190. The van der Waals surface area contributed by atoms with E-state index in [1.807, 2.05) is 48.5 Å². The maximum absolute atomic E-state index is 12.4. The number of methoxy groups -OCH3 is 1. The van der Waals surface area contributed by atoms with Crippen LogP contribution >= 0.6 is 11.6 Å². The zero-order valence-corrected chi connectivity index (χ0v) is 20.5. The van der Waals surface area contributed by atoms with Gasteiger partial charge in [0, 0.05) is 53.3 Å². The monoisotopic (exact) mass is 495 g/mol. The molecule has 0 radical (unpaired) electrons. The molecule has 0 aliphatic carbocycles. The fourth-order valence-corrected chi connectivity index (χ4v) is 5.34. The van der Waals surface area contributed by atoms with Crippen molar-refractivity contribution in [2.75, 3.05) is 26.7 Å². The number of rotatable bonds is 8. The van der Waals surface area contributed by atoms with Crippen LogP contribution in [0.4, 0.5) is 4.79 Å². The number of benzene rings is 2. The molecule has 4 rings (SSSR count). The van der Waals surface area contributed by atoms with E-state index in [1.165, 1.54) is 7.11 Å². The minimum Gasteiger partial charge on any atom is -0.453 e. The van der Waals surface area contributed by atoms with Crippen molar-refractivity contribution >= 4 is 35.0 Å². The predicted molar refractivity (Wildman–Crippen MR) is 136 cm³/mol. The van der Waals surface area contributed by atoms with E-state index < -0.39 is 11.7 Å². The summed E-state index contributed by atoms with van der Waals surface area (Å²) in [5, 5.41) is 16.5. The topological polar surface area (TPSA) is 91.8 Å². The lowest BCUT2D eigenvalue weighted by Crippen LogP contribution is -2.46. The second kappa shape index (κ2) is 11.1. The minimum atomic E-state index is -1.27. The number of aliphatic hydroxyl groups is 1. The van der Waals surface area contributed by atoms with E-state index in [4.69, 9.17) is 11.6 Å². The number of nitrogens with one attached hydrogen (secondary N) is 1. The van der Waals surface area contributed by atoms with Crippen LogP contribution in [0.15, 0.2) is 54.7 Å². The molecule has 0 bridgehead atoms. The first-order valence-corrected chi connectivity index (χ1v) is 12.2. The Morgan fingerprint density at radius 3 is 2.94 bits per heavy atom. The number of carbonyl (C=O) groups excluding carboxylic acids is 2. The van der Waals surface area contributed by atoms with Gasteiger partial charge in [-0.05, 0) is 49.4 Å². The molecule has 0 saturated carbocycles. The molecular weight excluding hydrogens is 466 g/mol. The first-order valence-electron chi connectivity index (χ1n) is 11.8. The lowest BCUT2D eigenvalue weighted by atomic mass is 9.72. The maximum atomic E-state index is 12.4. The Morgan fingerprint density at radius 1 is 1.31 bits per heavy atom. The molecule has 1 fully saturated rings. The molecule has 35 heavy (non-hydrogen) atoms. The van der Waals surface area contributed by atoms with Crippen molar-refractivity contribution in [3.8, 4) is 11.1 Å². The fourth-order valence-electron chi connectivity index (χ4n) is 5.06. The highest BCUT2D eigenvalue weighted by atomic mass is 35.5. The molecule has 7 nitrogen and oxygen atoms in total. The van der Waals surface area contributed by atoms with Crippen molar-refractivity contribution < 1.29 is 19.4 Å². The van der Waals surface area contributed by atoms with Crippen LogP contribution in [-0.2, 0) is 15.1 Å². The number of para-hydroxylation sites is 1. The fraction of sp³-hybridized carbons (Fsp3) is 0.370. The Kier molecular flexibility index (Phi) is 7.88. The molecule has 1 aromatic heterocycles. The highest BCUT2D eigenvalue weighted by Gasteiger charge is 2.42. The van der Waals surface area contributed by atoms with Crippen molar-refractivity contribution in [2.45, 2.75) is 31.3 Å². The molecule has 2 amide bonds. The normalized spacial score (nSPS) is 17.6. The largest absolute Gasteiger partial charge is 0.453 e. The zero-order valence-electron chi connectivity index (χ0n) is 19.7. The molecule has 2 N–H and O–H groups in total. The standard InChI is InChI=1S/C27H30ClN3O4/c1-35-26(33)29-13-6-12-27(34,21-8-5-14-31(17-21)18-32)22-9-4-10-23(28)25(22)20-15-19-7-2-3-11-24(19)30-16-20/h2-4,7,9-11,15-16,18,21,34H,5-6,8,12-14,17H2,1H3,(H,29,33). The van der Waals surface area contributed by atoms with Gasteiger partial charge in [-0.15, -0.1) is 0 Å². The number of aromatic nitrogens is 1. The third-order valence-electron chi connectivity index (χ3n) is 6.83. The number of amides is 2. The zero-order chi connectivity index (χ0) is 24.8. The van der Waals surface area contributed by atoms with Gasteiger partial charge in [0.2, 0.25) is 6.41 Å². The number of hydrogen-bond acceptors (Lipinski definition) is 5. The van der Waals surface area contributed by atoms with Gasteiger partial charge in [-0.2, -0.15) is 0 Å². The summed E-state index contributed by atoms with van der Waals surface area (Å²) in [6.07, 6.45) is 4.59. The highest BCUT2D eigenvalue weighted by molar-refractivity contribution is 6.33. The predicted octanol–water partition coefficient (Wildman–Crippen LogP) is 4.75. The first kappa shape index (κ1) is 24.9. The molecule has 184 valence electrons. The smallest absolute Gasteiger partial charge is 0.406 e. The third-order valence-corrected chi connectivity index (χ3v) is 7.14. The second-order valence-electron chi connectivity index (χ2n) is 8.96. The summed E-state index contributed by atoms with van der Waals surface area (Å²) in [6, 6.07) is 15.4. The van der Waals surface area contributed by atoms with Crippen molar-refractivity contribution in [2.24, 2.45) is 5.92 Å². The number of ether oxygens (including phenoxy) is 1. The van der Waals surface area contributed by atoms with Gasteiger partial charge in [0.05, 0.1) is 18.2 Å². The first-order chi connectivity index (χ1) is 17.0. The highest BCUT2D eigenvalue weighted by Crippen LogP contribution is 2.45. The SMILES string of the molecule is COC(=O)NCCCC(O)(c1cccc(Cl)c1-c1cnc2ccccc2c1)C1CCCN(C=O)C1. The molecule has 3 aromatic rings. The summed E-state index contributed by atoms with van der Waals surface area (Å²) in [6.45, 7) is 1.48. The molecule has 1 saturated heterocycles. The van der Waals surface area contributed by atoms with Crippen molar-refractivity contribution in [1.82, 2.24) is 15.2 Å². The molecule has 0 spiro atoms. The summed E-state index contributed by atoms with van der Waals surface area (Å²) in [4.78, 5) is 29.4. The summed E-state index contributed by atoms with van der Waals surface area (Å²) in [5.74, 6) is -0.190. The van der Waals surface area contributed by atoms with Crippen molar-refractivity contribution in [3.05, 3.63) is 65.3 Å². The Hall–Kier alpha value is -3.16. The van der Waals surface area contributed by atoms with E-state index >= 15 is 0 Å². The number of piperidine rings is 1. The van der Waals surface area contributed by atoms with Gasteiger partial charge in [0.1, 0.15) is 0 Å². The van der Waals surface area contributed by atoms with E-state index in [9.17, 15) is 14.7 Å². The van der Waals surface area contributed by atoms with Crippen molar-refractivity contribution in [3.63, 3.8) is 0 Å². The number of hydrogen-bond donors (Lipinski definition) is 2. The van der Waals surface area contributed by atoms with Gasteiger partial charge in [0.15, 0.2) is 0 Å². The van der Waals surface area contributed by atoms with Gasteiger partial charge in [-0.3, -0.25) is 9.78 Å². The summed E-state index contributed by atoms with van der Waals surface area (Å²) in [7, 11) is 1.32. The summed E-state index contributed by atoms with van der Waals surface area (Å²) >= 11 is 6.76. The lowest BCUT2D eigenvalue weighted by molar-refractivity contribution is -0.123. The van der Waals surface area contributed by atoms with E-state index in [0.717, 1.165) is 41.3 Å². The number of pyridine rings is 1. The van der Waals surface area contributed by atoms with Gasteiger partial charge in [0.25, 0.3) is 0 Å². The molecule has 2 heterocycles. The van der Waals surface area contributed by atoms with E-state index in [1.54, 1.807) is 11.1 Å².